The van der Waals surface area contributed by atoms with E-state index >= 15 is 0 Å². The zero-order valence-electron chi connectivity index (χ0n) is 21.3. The first kappa shape index (κ1) is 24.3. The summed E-state index contributed by atoms with van der Waals surface area (Å²) in [6, 6.07) is 26.9. The smallest absolute Gasteiger partial charge is 0.257 e. The lowest BCUT2D eigenvalue weighted by molar-refractivity contribution is -0.134. The number of methoxy groups -OCH3 is 1. The number of amides is 1. The quantitative estimate of drug-likeness (QED) is 0.439. The summed E-state index contributed by atoms with van der Waals surface area (Å²) in [5.74, 6) is 1.55. The minimum absolute atomic E-state index is 0.0719. The van der Waals surface area contributed by atoms with Crippen LogP contribution in [0.2, 0.25) is 0 Å². The number of benzene rings is 3. The summed E-state index contributed by atoms with van der Waals surface area (Å²) in [4.78, 5) is 15.9. The topological polar surface area (TPSA) is 45.1 Å². The molecular formula is C31H35N3O2. The lowest BCUT2D eigenvalue weighted by atomic mass is 9.90. The summed E-state index contributed by atoms with van der Waals surface area (Å²) in [6.07, 6.45) is 4.07. The molecule has 1 amide bonds. The van der Waals surface area contributed by atoms with E-state index < -0.39 is 0 Å². The zero-order valence-corrected chi connectivity index (χ0v) is 21.3. The first-order chi connectivity index (χ1) is 17.6. The number of aryl methyl sites for hydroxylation is 1. The van der Waals surface area contributed by atoms with Gasteiger partial charge in [-0.1, -0.05) is 66.7 Å². The molecule has 2 heterocycles. The lowest BCUT2D eigenvalue weighted by Gasteiger charge is -2.33. The van der Waals surface area contributed by atoms with Crippen LogP contribution in [-0.2, 0) is 11.2 Å². The summed E-state index contributed by atoms with van der Waals surface area (Å²) < 4.78 is 5.42. The van der Waals surface area contributed by atoms with E-state index in [1.807, 2.05) is 36.4 Å². The van der Waals surface area contributed by atoms with Crippen molar-refractivity contribution in [3.05, 3.63) is 101 Å². The number of carbonyl (C=O) groups is 1. The molecule has 1 atom stereocenters. The second kappa shape index (κ2) is 11.1. The predicted molar refractivity (Wildman–Crippen MR) is 144 cm³/mol. The Kier molecular flexibility index (Phi) is 7.47. The van der Waals surface area contributed by atoms with Crippen molar-refractivity contribution < 1.29 is 9.53 Å². The van der Waals surface area contributed by atoms with Crippen molar-refractivity contribution in [2.45, 2.75) is 38.6 Å². The van der Waals surface area contributed by atoms with Gasteiger partial charge < -0.3 is 4.74 Å². The molecule has 0 saturated carbocycles. The fourth-order valence-corrected chi connectivity index (χ4v) is 5.48. The first-order valence-corrected chi connectivity index (χ1v) is 13.0. The molecule has 1 saturated heterocycles. The van der Waals surface area contributed by atoms with Gasteiger partial charge in [-0.05, 0) is 74.0 Å². The monoisotopic (exact) mass is 481 g/mol. The Labute approximate surface area is 214 Å². The van der Waals surface area contributed by atoms with Gasteiger partial charge in [-0.3, -0.25) is 9.69 Å². The predicted octanol–water partition coefficient (Wildman–Crippen LogP) is 5.64. The van der Waals surface area contributed by atoms with Crippen LogP contribution in [0.4, 0.5) is 0 Å². The molecule has 5 rings (SSSR count). The average molecular weight is 482 g/mol. The molecule has 2 aliphatic rings. The maximum Gasteiger partial charge on any atom is 0.257 e. The molecule has 0 spiro atoms. The van der Waals surface area contributed by atoms with Crippen molar-refractivity contribution in [2.75, 3.05) is 26.7 Å². The maximum atomic E-state index is 13.6. The van der Waals surface area contributed by atoms with Gasteiger partial charge in [0.25, 0.3) is 5.91 Å². The third-order valence-corrected chi connectivity index (χ3v) is 7.55. The fourth-order valence-electron chi connectivity index (χ4n) is 5.48. The standard InChI is InChI=1S/C31H35N3O2/c1-23-9-6-7-14-28(23)30-21-29(26-12-8-13-27(20-26)36-2)32-34(30)31(35)22-33-17-15-25(16-18-33)19-24-10-4-3-5-11-24/h3-14,20,25,30H,15-19,21-22H2,1-2H3. The molecule has 5 heteroatoms. The van der Waals surface area contributed by atoms with Crippen LogP contribution in [0.3, 0.4) is 0 Å². The van der Waals surface area contributed by atoms with Crippen molar-refractivity contribution in [2.24, 2.45) is 11.0 Å². The number of hydrazone groups is 1. The van der Waals surface area contributed by atoms with Gasteiger partial charge in [0.15, 0.2) is 0 Å². The van der Waals surface area contributed by atoms with Crippen molar-refractivity contribution in [1.82, 2.24) is 9.91 Å². The van der Waals surface area contributed by atoms with Gasteiger partial charge in [0.1, 0.15) is 5.75 Å². The summed E-state index contributed by atoms with van der Waals surface area (Å²) in [5, 5.41) is 6.63. The molecule has 36 heavy (non-hydrogen) atoms. The Balaban J connectivity index is 1.29. The van der Waals surface area contributed by atoms with E-state index in [4.69, 9.17) is 9.84 Å². The van der Waals surface area contributed by atoms with Crippen molar-refractivity contribution in [3.8, 4) is 5.75 Å². The fraction of sp³-hybridized carbons (Fsp3) is 0.355. The molecule has 2 aliphatic heterocycles. The molecule has 0 aromatic heterocycles. The molecule has 1 fully saturated rings. The molecule has 0 bridgehead atoms. The van der Waals surface area contributed by atoms with Crippen LogP contribution in [0, 0.1) is 12.8 Å². The van der Waals surface area contributed by atoms with Gasteiger partial charge in [0.05, 0.1) is 25.4 Å². The lowest BCUT2D eigenvalue weighted by Crippen LogP contribution is -2.42. The molecule has 3 aromatic rings. The summed E-state index contributed by atoms with van der Waals surface area (Å²) in [6.45, 7) is 4.44. The van der Waals surface area contributed by atoms with E-state index in [0.717, 1.165) is 54.9 Å². The normalized spacial score (nSPS) is 18.8. The van der Waals surface area contributed by atoms with Gasteiger partial charge >= 0.3 is 0 Å². The molecule has 3 aromatic carbocycles. The Bertz CT molecular complexity index is 1220. The van der Waals surface area contributed by atoms with Gasteiger partial charge in [-0.15, -0.1) is 0 Å². The number of nitrogens with zero attached hydrogens (tertiary/aromatic N) is 3. The van der Waals surface area contributed by atoms with Crippen molar-refractivity contribution in [1.29, 1.82) is 0 Å². The Hall–Kier alpha value is -3.44. The van der Waals surface area contributed by atoms with Crippen LogP contribution >= 0.6 is 0 Å². The van der Waals surface area contributed by atoms with E-state index in [-0.39, 0.29) is 11.9 Å². The summed E-state index contributed by atoms with van der Waals surface area (Å²) in [7, 11) is 1.67. The summed E-state index contributed by atoms with van der Waals surface area (Å²) >= 11 is 0. The van der Waals surface area contributed by atoms with E-state index in [1.54, 1.807) is 12.1 Å². The van der Waals surface area contributed by atoms with E-state index in [2.05, 4.69) is 54.3 Å². The third kappa shape index (κ3) is 5.52. The Morgan fingerprint density at radius 1 is 0.972 bits per heavy atom. The highest BCUT2D eigenvalue weighted by Gasteiger charge is 2.35. The van der Waals surface area contributed by atoms with Crippen molar-refractivity contribution in [3.63, 3.8) is 0 Å². The second-order valence-electron chi connectivity index (χ2n) is 10.0. The van der Waals surface area contributed by atoms with Crippen LogP contribution in [0.25, 0.3) is 0 Å². The summed E-state index contributed by atoms with van der Waals surface area (Å²) in [5.41, 5.74) is 5.68. The van der Waals surface area contributed by atoms with E-state index in [0.29, 0.717) is 18.9 Å². The van der Waals surface area contributed by atoms with Crippen LogP contribution in [-0.4, -0.2) is 48.3 Å². The van der Waals surface area contributed by atoms with Crippen LogP contribution in [0.5, 0.6) is 5.75 Å². The largest absolute Gasteiger partial charge is 0.497 e. The van der Waals surface area contributed by atoms with Crippen LogP contribution < -0.4 is 4.74 Å². The number of rotatable bonds is 7. The Morgan fingerprint density at radius 2 is 1.72 bits per heavy atom. The third-order valence-electron chi connectivity index (χ3n) is 7.55. The minimum atomic E-state index is -0.0875. The highest BCUT2D eigenvalue weighted by molar-refractivity contribution is 6.03. The SMILES string of the molecule is COc1cccc(C2=NN(C(=O)CN3CCC(Cc4ccccc4)CC3)C(c3ccccc3C)C2)c1. The highest BCUT2D eigenvalue weighted by atomic mass is 16.5. The van der Waals surface area contributed by atoms with Gasteiger partial charge in [0, 0.05) is 12.0 Å². The molecule has 5 nitrogen and oxygen atoms in total. The Morgan fingerprint density at radius 3 is 2.47 bits per heavy atom. The number of hydrogen-bond acceptors (Lipinski definition) is 4. The van der Waals surface area contributed by atoms with Gasteiger partial charge in [0.2, 0.25) is 0 Å². The second-order valence-corrected chi connectivity index (χ2v) is 10.0. The molecule has 0 N–H and O–H groups in total. The van der Waals surface area contributed by atoms with Gasteiger partial charge in [-0.2, -0.15) is 5.10 Å². The molecular weight excluding hydrogens is 446 g/mol. The number of hydrogen-bond donors (Lipinski definition) is 0. The average Bonchev–Trinajstić information content (AvgIpc) is 3.36. The number of carbonyl (C=O) groups excluding carboxylic acids is 1. The van der Waals surface area contributed by atoms with Crippen LogP contribution in [0.15, 0.2) is 84.0 Å². The highest BCUT2D eigenvalue weighted by Crippen LogP contribution is 2.35. The molecule has 0 aliphatic carbocycles. The zero-order chi connectivity index (χ0) is 24.9. The van der Waals surface area contributed by atoms with Crippen molar-refractivity contribution >= 4 is 11.6 Å². The minimum Gasteiger partial charge on any atom is -0.497 e. The number of piperidine rings is 1. The molecule has 186 valence electrons. The molecule has 1 unspecified atom stereocenters. The van der Waals surface area contributed by atoms with Gasteiger partial charge in [-0.25, -0.2) is 5.01 Å². The first-order valence-electron chi connectivity index (χ1n) is 13.0. The van der Waals surface area contributed by atoms with E-state index in [1.165, 1.54) is 11.1 Å². The number of likely N-dealkylation sites (tertiary alicyclic amines) is 1. The van der Waals surface area contributed by atoms with E-state index in [9.17, 15) is 4.79 Å². The van der Waals surface area contributed by atoms with Crippen LogP contribution in [0.1, 0.15) is 47.6 Å². The maximum absolute atomic E-state index is 13.6. The molecule has 0 radical (unpaired) electrons. The number of ether oxygens (including phenoxy) is 1.